The molecular weight excluding hydrogens is 314 g/mol. The van der Waals surface area contributed by atoms with Crippen molar-refractivity contribution in [3.63, 3.8) is 0 Å². The lowest BCUT2D eigenvalue weighted by atomic mass is 10.0. The second-order valence-corrected chi connectivity index (χ2v) is 5.99. The van der Waals surface area contributed by atoms with Gasteiger partial charge in [-0.2, -0.15) is 0 Å². The van der Waals surface area contributed by atoms with Crippen molar-refractivity contribution in [2.45, 2.75) is 19.4 Å². The van der Waals surface area contributed by atoms with Crippen LogP contribution in [0.3, 0.4) is 0 Å². The molecule has 0 spiro atoms. The molecule has 2 aromatic rings. The van der Waals surface area contributed by atoms with Crippen molar-refractivity contribution in [1.29, 1.82) is 0 Å². The van der Waals surface area contributed by atoms with E-state index >= 15 is 0 Å². The lowest BCUT2D eigenvalue weighted by Gasteiger charge is -2.27. The lowest BCUT2D eigenvalue weighted by molar-refractivity contribution is 0.0962. The molecule has 0 aliphatic carbocycles. The van der Waals surface area contributed by atoms with Crippen LogP contribution >= 0.6 is 0 Å². The Kier molecular flexibility index (Phi) is 3.97. The Labute approximate surface area is 138 Å². The summed E-state index contributed by atoms with van der Waals surface area (Å²) in [5, 5.41) is 0. The Morgan fingerprint density at radius 3 is 2.67 bits per heavy atom. The molecule has 2 aromatic carbocycles. The minimum Gasteiger partial charge on any atom is -0.483 e. The lowest BCUT2D eigenvalue weighted by Crippen LogP contribution is -2.30. The number of halogens is 2. The second-order valence-electron chi connectivity index (χ2n) is 5.99. The molecule has 24 heavy (non-hydrogen) atoms. The van der Waals surface area contributed by atoms with Gasteiger partial charge in [0, 0.05) is 17.2 Å². The van der Waals surface area contributed by atoms with Crippen LogP contribution in [0.2, 0.25) is 0 Å². The number of amides is 1. The smallest absolute Gasteiger partial charge is 0.269 e. The van der Waals surface area contributed by atoms with Crippen molar-refractivity contribution in [2.75, 3.05) is 5.43 Å². The number of anilines is 1. The maximum absolute atomic E-state index is 13.5. The summed E-state index contributed by atoms with van der Waals surface area (Å²) in [7, 11) is 0. The molecule has 0 atom stereocenters. The number of nitrogens with one attached hydrogen (secondary N) is 2. The van der Waals surface area contributed by atoms with Crippen molar-refractivity contribution >= 4 is 17.7 Å². The van der Waals surface area contributed by atoms with Gasteiger partial charge in [0.2, 0.25) is 0 Å². The van der Waals surface area contributed by atoms with Crippen LogP contribution in [0.15, 0.2) is 42.5 Å². The zero-order chi connectivity index (χ0) is 17.3. The first-order valence-electron chi connectivity index (χ1n) is 7.38. The fourth-order valence-electron chi connectivity index (χ4n) is 2.31. The predicted molar refractivity (Wildman–Crippen MR) is 87.6 cm³/mol. The minimum atomic E-state index is -0.792. The summed E-state index contributed by atoms with van der Waals surface area (Å²) >= 11 is 0. The maximum atomic E-state index is 13.5. The van der Waals surface area contributed by atoms with Crippen molar-refractivity contribution in [3.8, 4) is 5.75 Å². The van der Waals surface area contributed by atoms with Gasteiger partial charge in [0.15, 0.2) is 5.82 Å². The fraction of sp³-hybridized carbons (Fsp3) is 0.167. The van der Waals surface area contributed by atoms with Crippen LogP contribution in [0.25, 0.3) is 6.08 Å². The number of carbonyl (C=O) groups excluding carboxylic acids is 1. The second kappa shape index (κ2) is 5.96. The normalized spacial score (nSPS) is 14.5. The summed E-state index contributed by atoms with van der Waals surface area (Å²) in [5.74, 6) is -1.23. The van der Waals surface area contributed by atoms with E-state index in [2.05, 4.69) is 10.9 Å². The molecule has 124 valence electrons. The topological polar surface area (TPSA) is 50.4 Å². The third-order valence-corrected chi connectivity index (χ3v) is 3.55. The van der Waals surface area contributed by atoms with Crippen LogP contribution in [-0.2, 0) is 0 Å². The molecule has 0 saturated heterocycles. The van der Waals surface area contributed by atoms with Gasteiger partial charge in [-0.05, 0) is 50.3 Å². The number of rotatable bonds is 3. The van der Waals surface area contributed by atoms with Crippen LogP contribution in [0.5, 0.6) is 5.75 Å². The minimum absolute atomic E-state index is 0.0207. The van der Waals surface area contributed by atoms with Gasteiger partial charge in [-0.15, -0.1) is 0 Å². The molecule has 1 amide bonds. The van der Waals surface area contributed by atoms with Crippen molar-refractivity contribution < 1.29 is 18.3 Å². The molecule has 0 fully saturated rings. The fourth-order valence-corrected chi connectivity index (χ4v) is 2.31. The molecule has 4 nitrogen and oxygen atoms in total. The van der Waals surface area contributed by atoms with E-state index in [1.807, 2.05) is 26.0 Å². The number of hydrogen-bond donors (Lipinski definition) is 2. The standard InChI is InChI=1S/C18H16F2N2O2/c1-18(2)8-7-11-9-12(3-6-16(11)24-18)17(23)22-21-15-5-4-13(19)10-14(15)20/h3-10,21H,1-2H3,(H,22,23). The van der Waals surface area contributed by atoms with Crippen molar-refractivity contribution in [3.05, 3.63) is 65.2 Å². The van der Waals surface area contributed by atoms with Gasteiger partial charge in [-0.3, -0.25) is 15.6 Å². The summed E-state index contributed by atoms with van der Waals surface area (Å²) in [5.41, 5.74) is 5.59. The van der Waals surface area contributed by atoms with Gasteiger partial charge in [-0.1, -0.05) is 6.08 Å². The van der Waals surface area contributed by atoms with Gasteiger partial charge in [-0.25, -0.2) is 8.78 Å². The van der Waals surface area contributed by atoms with E-state index < -0.39 is 23.1 Å². The first-order valence-corrected chi connectivity index (χ1v) is 7.38. The summed E-state index contributed by atoms with van der Waals surface area (Å²) < 4.78 is 32.2. The first kappa shape index (κ1) is 16.0. The highest BCUT2D eigenvalue weighted by Crippen LogP contribution is 2.31. The van der Waals surface area contributed by atoms with E-state index in [9.17, 15) is 13.6 Å². The Bertz CT molecular complexity index is 832. The molecular formula is C18H16F2N2O2. The summed E-state index contributed by atoms with van der Waals surface area (Å²) in [4.78, 5) is 12.2. The van der Waals surface area contributed by atoms with Crippen molar-refractivity contribution in [2.24, 2.45) is 0 Å². The van der Waals surface area contributed by atoms with Crippen LogP contribution in [0.4, 0.5) is 14.5 Å². The largest absolute Gasteiger partial charge is 0.483 e. The number of fused-ring (bicyclic) bond motifs is 1. The molecule has 0 unspecified atom stereocenters. The quantitative estimate of drug-likeness (QED) is 0.839. The number of carbonyl (C=O) groups is 1. The molecule has 0 aromatic heterocycles. The molecule has 6 heteroatoms. The Balaban J connectivity index is 1.72. The van der Waals surface area contributed by atoms with E-state index in [-0.39, 0.29) is 5.69 Å². The summed E-state index contributed by atoms with van der Waals surface area (Å²) in [6.07, 6.45) is 3.80. The van der Waals surface area contributed by atoms with E-state index in [0.29, 0.717) is 11.3 Å². The maximum Gasteiger partial charge on any atom is 0.269 e. The molecule has 0 saturated carbocycles. The van der Waals surface area contributed by atoms with Gasteiger partial charge >= 0.3 is 0 Å². The van der Waals surface area contributed by atoms with Crippen LogP contribution in [0.1, 0.15) is 29.8 Å². The number of hydrogen-bond acceptors (Lipinski definition) is 3. The highest BCUT2D eigenvalue weighted by molar-refractivity contribution is 5.95. The number of ether oxygens (including phenoxy) is 1. The average molecular weight is 330 g/mol. The third-order valence-electron chi connectivity index (χ3n) is 3.55. The molecule has 0 radical (unpaired) electrons. The number of hydrazine groups is 1. The highest BCUT2D eigenvalue weighted by atomic mass is 19.1. The van der Waals surface area contributed by atoms with E-state index in [0.717, 1.165) is 17.7 Å². The molecule has 2 N–H and O–H groups in total. The van der Waals surface area contributed by atoms with Crippen LogP contribution < -0.4 is 15.6 Å². The zero-order valence-electron chi connectivity index (χ0n) is 13.2. The number of benzene rings is 2. The van der Waals surface area contributed by atoms with Gasteiger partial charge in [0.25, 0.3) is 5.91 Å². The predicted octanol–water partition coefficient (Wildman–Crippen LogP) is 3.91. The van der Waals surface area contributed by atoms with Gasteiger partial charge in [0.1, 0.15) is 17.2 Å². The Morgan fingerprint density at radius 2 is 1.92 bits per heavy atom. The SMILES string of the molecule is CC1(C)C=Cc2cc(C(=O)NNc3ccc(F)cc3F)ccc2O1. The summed E-state index contributed by atoms with van der Waals surface area (Å²) in [6.45, 7) is 3.88. The van der Waals surface area contributed by atoms with Gasteiger partial charge < -0.3 is 4.74 Å². The monoisotopic (exact) mass is 330 g/mol. The average Bonchev–Trinajstić information content (AvgIpc) is 2.52. The molecule has 1 heterocycles. The first-order chi connectivity index (χ1) is 11.3. The zero-order valence-corrected chi connectivity index (χ0v) is 13.2. The highest BCUT2D eigenvalue weighted by Gasteiger charge is 2.22. The van der Waals surface area contributed by atoms with E-state index in [1.165, 1.54) is 6.07 Å². The Hall–Kier alpha value is -2.89. The van der Waals surface area contributed by atoms with E-state index in [4.69, 9.17) is 4.74 Å². The van der Waals surface area contributed by atoms with E-state index in [1.54, 1.807) is 18.2 Å². The molecule has 1 aliphatic heterocycles. The van der Waals surface area contributed by atoms with Gasteiger partial charge in [0.05, 0.1) is 5.69 Å². The summed E-state index contributed by atoms with van der Waals surface area (Å²) in [6, 6.07) is 8.05. The van der Waals surface area contributed by atoms with Crippen LogP contribution in [0, 0.1) is 11.6 Å². The molecule has 1 aliphatic rings. The molecule has 3 rings (SSSR count). The van der Waals surface area contributed by atoms with Crippen molar-refractivity contribution in [1.82, 2.24) is 5.43 Å². The van der Waals surface area contributed by atoms with Crippen LogP contribution in [-0.4, -0.2) is 11.5 Å². The Morgan fingerprint density at radius 1 is 1.12 bits per heavy atom. The molecule has 0 bridgehead atoms. The third kappa shape index (κ3) is 3.37.